The lowest BCUT2D eigenvalue weighted by molar-refractivity contribution is 0.594. The number of halogens is 1. The van der Waals surface area contributed by atoms with Crippen LogP contribution in [0.3, 0.4) is 0 Å². The number of hydrogen-bond acceptors (Lipinski definition) is 3. The first kappa shape index (κ1) is 17.5. The molecule has 1 rings (SSSR count). The van der Waals surface area contributed by atoms with Gasteiger partial charge in [-0.3, -0.25) is 0 Å². The topological polar surface area (TPSA) is 37.4 Å². The maximum atomic E-state index is 12.3. The van der Waals surface area contributed by atoms with Gasteiger partial charge in [0.05, 0.1) is 16.3 Å². The van der Waals surface area contributed by atoms with Crippen molar-refractivity contribution in [3.63, 3.8) is 0 Å². The highest BCUT2D eigenvalue weighted by Crippen LogP contribution is 2.25. The molecule has 0 saturated heterocycles. The van der Waals surface area contributed by atoms with Gasteiger partial charge in [0.25, 0.3) is 0 Å². The summed E-state index contributed by atoms with van der Waals surface area (Å²) >= 11 is 3.42. The van der Waals surface area contributed by atoms with Gasteiger partial charge in [0, 0.05) is 18.9 Å². The van der Waals surface area contributed by atoms with Crippen molar-refractivity contribution >= 4 is 31.5 Å². The van der Waals surface area contributed by atoms with Crippen molar-refractivity contribution in [1.29, 1.82) is 0 Å². The predicted molar refractivity (Wildman–Crippen MR) is 89.7 cm³/mol. The first-order valence-corrected chi connectivity index (χ1v) is 9.89. The molecule has 0 amide bonds. The van der Waals surface area contributed by atoms with E-state index in [0.29, 0.717) is 11.3 Å². The molecule has 0 unspecified atom stereocenters. The van der Waals surface area contributed by atoms with Crippen LogP contribution in [0.5, 0.6) is 0 Å². The monoisotopic (exact) mass is 361 g/mol. The number of rotatable bonds is 9. The highest BCUT2D eigenvalue weighted by Gasteiger charge is 2.19. The van der Waals surface area contributed by atoms with Crippen molar-refractivity contribution in [1.82, 2.24) is 0 Å². The van der Waals surface area contributed by atoms with E-state index in [0.717, 1.165) is 36.8 Å². The Labute approximate surface area is 131 Å². The van der Waals surface area contributed by atoms with Crippen LogP contribution in [0.4, 0.5) is 5.69 Å². The van der Waals surface area contributed by atoms with Crippen LogP contribution in [0.15, 0.2) is 29.2 Å². The molecule has 0 aromatic heterocycles. The predicted octanol–water partition coefficient (Wildman–Crippen LogP) is 3.87. The second-order valence-corrected chi connectivity index (χ2v) is 7.83. The van der Waals surface area contributed by atoms with Crippen molar-refractivity contribution in [2.45, 2.75) is 37.5 Å². The zero-order valence-corrected chi connectivity index (χ0v) is 14.7. The van der Waals surface area contributed by atoms with Crippen LogP contribution in [-0.4, -0.2) is 33.1 Å². The van der Waals surface area contributed by atoms with E-state index in [1.165, 1.54) is 0 Å². The summed E-state index contributed by atoms with van der Waals surface area (Å²) in [6.07, 6.45) is 4.03. The molecule has 0 saturated carbocycles. The summed E-state index contributed by atoms with van der Waals surface area (Å²) in [5.41, 5.74) is 0.819. The molecule has 0 fully saturated rings. The molecule has 0 heterocycles. The molecule has 1 aromatic carbocycles. The smallest absolute Gasteiger partial charge is 0.180 e. The van der Waals surface area contributed by atoms with E-state index >= 15 is 0 Å². The van der Waals surface area contributed by atoms with Gasteiger partial charge in [-0.1, -0.05) is 41.4 Å². The molecule has 0 spiro atoms. The van der Waals surface area contributed by atoms with E-state index in [9.17, 15) is 8.42 Å². The molecule has 0 aliphatic rings. The molecule has 0 bridgehead atoms. The number of para-hydroxylation sites is 1. The van der Waals surface area contributed by atoms with Gasteiger partial charge < -0.3 is 4.90 Å². The van der Waals surface area contributed by atoms with Crippen molar-refractivity contribution in [2.75, 3.05) is 29.6 Å². The first-order chi connectivity index (χ1) is 9.53. The maximum Gasteiger partial charge on any atom is 0.180 e. The molecular weight excluding hydrogens is 338 g/mol. The normalized spacial score (nSPS) is 11.6. The van der Waals surface area contributed by atoms with Gasteiger partial charge in [-0.2, -0.15) is 0 Å². The van der Waals surface area contributed by atoms with Crippen molar-refractivity contribution < 1.29 is 8.42 Å². The molecule has 5 heteroatoms. The fourth-order valence-electron chi connectivity index (χ4n) is 2.15. The van der Waals surface area contributed by atoms with E-state index < -0.39 is 9.84 Å². The number of anilines is 1. The third-order valence-corrected chi connectivity index (χ3v) is 5.73. The molecule has 0 N–H and O–H groups in total. The standard InChI is InChI=1S/C15H24BrNO2S/c1-3-13-20(18,19)15-10-6-5-9-14(15)17(2)12-8-4-7-11-16/h5-6,9-10H,3-4,7-8,11-13H2,1-2H3. The van der Waals surface area contributed by atoms with Gasteiger partial charge in [-0.25, -0.2) is 8.42 Å². The van der Waals surface area contributed by atoms with Crippen LogP contribution in [-0.2, 0) is 9.84 Å². The fraction of sp³-hybridized carbons (Fsp3) is 0.600. The third kappa shape index (κ3) is 5.09. The van der Waals surface area contributed by atoms with Crippen LogP contribution < -0.4 is 4.90 Å². The van der Waals surface area contributed by atoms with Crippen LogP contribution >= 0.6 is 15.9 Å². The summed E-state index contributed by atoms with van der Waals surface area (Å²) in [5.74, 6) is 0.210. The Kier molecular flexibility index (Phi) is 7.59. The van der Waals surface area contributed by atoms with Crippen LogP contribution in [0.1, 0.15) is 32.6 Å². The van der Waals surface area contributed by atoms with Crippen molar-refractivity contribution in [3.05, 3.63) is 24.3 Å². The summed E-state index contributed by atoms with van der Waals surface area (Å²) in [4.78, 5) is 2.52. The van der Waals surface area contributed by atoms with Crippen LogP contribution in [0.25, 0.3) is 0 Å². The fourth-order valence-corrected chi connectivity index (χ4v) is 4.14. The zero-order valence-electron chi connectivity index (χ0n) is 12.3. The Morgan fingerprint density at radius 1 is 1.15 bits per heavy atom. The molecular formula is C15H24BrNO2S. The highest BCUT2D eigenvalue weighted by molar-refractivity contribution is 9.09. The Balaban J connectivity index is 2.84. The van der Waals surface area contributed by atoms with Gasteiger partial charge in [0.15, 0.2) is 9.84 Å². The van der Waals surface area contributed by atoms with E-state index in [4.69, 9.17) is 0 Å². The van der Waals surface area contributed by atoms with Gasteiger partial charge in [-0.05, 0) is 31.4 Å². The van der Waals surface area contributed by atoms with Crippen LogP contribution in [0, 0.1) is 0 Å². The lowest BCUT2D eigenvalue weighted by Gasteiger charge is -2.22. The SMILES string of the molecule is CCCS(=O)(=O)c1ccccc1N(C)CCCCCBr. The second-order valence-electron chi connectivity index (χ2n) is 4.96. The summed E-state index contributed by atoms with van der Waals surface area (Å²) in [5, 5.41) is 1.03. The van der Waals surface area contributed by atoms with Crippen molar-refractivity contribution in [2.24, 2.45) is 0 Å². The number of nitrogens with zero attached hydrogens (tertiary/aromatic N) is 1. The van der Waals surface area contributed by atoms with Crippen molar-refractivity contribution in [3.8, 4) is 0 Å². The van der Waals surface area contributed by atoms with Crippen LogP contribution in [0.2, 0.25) is 0 Å². The lowest BCUT2D eigenvalue weighted by Crippen LogP contribution is -2.21. The number of hydrogen-bond donors (Lipinski definition) is 0. The quantitative estimate of drug-likeness (QED) is 0.494. The van der Waals surface area contributed by atoms with Gasteiger partial charge >= 0.3 is 0 Å². The highest BCUT2D eigenvalue weighted by atomic mass is 79.9. The minimum Gasteiger partial charge on any atom is -0.374 e. The van der Waals surface area contributed by atoms with E-state index in [1.54, 1.807) is 12.1 Å². The molecule has 114 valence electrons. The Morgan fingerprint density at radius 2 is 1.85 bits per heavy atom. The number of sulfone groups is 1. The summed E-state index contributed by atoms with van der Waals surface area (Å²) < 4.78 is 24.6. The average molecular weight is 362 g/mol. The molecule has 20 heavy (non-hydrogen) atoms. The largest absolute Gasteiger partial charge is 0.374 e. The molecule has 0 atom stereocenters. The molecule has 0 aliphatic carbocycles. The Hall–Kier alpha value is -0.550. The number of unbranched alkanes of at least 4 members (excludes halogenated alkanes) is 2. The first-order valence-electron chi connectivity index (χ1n) is 7.11. The second kappa shape index (κ2) is 8.67. The minimum atomic E-state index is -3.17. The van der Waals surface area contributed by atoms with E-state index in [-0.39, 0.29) is 5.75 Å². The molecule has 0 aliphatic heterocycles. The summed E-state index contributed by atoms with van der Waals surface area (Å²) in [6, 6.07) is 7.31. The molecule has 1 aromatic rings. The molecule has 0 radical (unpaired) electrons. The third-order valence-electron chi connectivity index (χ3n) is 3.21. The Morgan fingerprint density at radius 3 is 2.50 bits per heavy atom. The number of alkyl halides is 1. The Bertz CT molecular complexity index is 502. The molecule has 3 nitrogen and oxygen atoms in total. The lowest BCUT2D eigenvalue weighted by atomic mass is 10.2. The average Bonchev–Trinajstić information content (AvgIpc) is 2.43. The summed E-state index contributed by atoms with van der Waals surface area (Å²) in [6.45, 7) is 2.77. The van der Waals surface area contributed by atoms with E-state index in [1.807, 2.05) is 26.1 Å². The zero-order chi connectivity index (χ0) is 15.0. The minimum absolute atomic E-state index is 0.210. The van der Waals surface area contributed by atoms with E-state index in [2.05, 4.69) is 20.8 Å². The van der Waals surface area contributed by atoms with Gasteiger partial charge in [0.1, 0.15) is 0 Å². The van der Waals surface area contributed by atoms with Gasteiger partial charge in [-0.15, -0.1) is 0 Å². The maximum absolute atomic E-state index is 12.3. The number of benzene rings is 1. The summed E-state index contributed by atoms with van der Waals surface area (Å²) in [7, 11) is -1.20. The van der Waals surface area contributed by atoms with Gasteiger partial charge in [0.2, 0.25) is 0 Å².